The van der Waals surface area contributed by atoms with Crippen LogP contribution >= 0.6 is 15.9 Å². The van der Waals surface area contributed by atoms with Crippen LogP contribution < -0.4 is 4.72 Å². The first-order valence-corrected chi connectivity index (χ1v) is 9.49. The highest BCUT2D eigenvalue weighted by atomic mass is 79.9. The molecule has 7 heteroatoms. The van der Waals surface area contributed by atoms with Crippen molar-refractivity contribution in [3.63, 3.8) is 0 Å². The molecular weight excluding hydrogens is 392 g/mol. The number of nitrogens with zero attached hydrogens (tertiary/aromatic N) is 1. The quantitative estimate of drug-likeness (QED) is 0.697. The van der Waals surface area contributed by atoms with Crippen molar-refractivity contribution in [2.45, 2.75) is 18.6 Å². The van der Waals surface area contributed by atoms with Crippen molar-refractivity contribution in [3.05, 3.63) is 70.2 Å². The normalized spacial score (nSPS) is 11.6. The summed E-state index contributed by atoms with van der Waals surface area (Å²) in [5, 5.41) is 3.64. The van der Waals surface area contributed by atoms with Crippen molar-refractivity contribution in [2.24, 2.45) is 0 Å². The number of aryl methyl sites for hydroxylation is 1. The van der Waals surface area contributed by atoms with Crippen LogP contribution in [0, 0.1) is 6.92 Å². The molecule has 0 radical (unpaired) electrons. The molecule has 1 aromatic heterocycles. The number of hydrogen-bond acceptors (Lipinski definition) is 4. The van der Waals surface area contributed by atoms with Gasteiger partial charge in [0, 0.05) is 22.6 Å². The Morgan fingerprint density at radius 3 is 2.58 bits per heavy atom. The smallest absolute Gasteiger partial charge is 0.277 e. The summed E-state index contributed by atoms with van der Waals surface area (Å²) in [6.45, 7) is 2.17. The van der Waals surface area contributed by atoms with Crippen LogP contribution in [0.4, 0.5) is 0 Å². The first-order valence-electron chi connectivity index (χ1n) is 7.22. The van der Waals surface area contributed by atoms with E-state index in [0.717, 1.165) is 21.2 Å². The Hall–Kier alpha value is -1.96. The van der Waals surface area contributed by atoms with Crippen LogP contribution in [0.2, 0.25) is 0 Å². The zero-order chi connectivity index (χ0) is 17.2. The van der Waals surface area contributed by atoms with Crippen LogP contribution in [-0.4, -0.2) is 13.6 Å². The van der Waals surface area contributed by atoms with Gasteiger partial charge in [-0.2, -0.15) is 0 Å². The molecule has 1 heterocycles. The van der Waals surface area contributed by atoms with Crippen LogP contribution in [-0.2, 0) is 16.6 Å². The van der Waals surface area contributed by atoms with Gasteiger partial charge in [0.05, 0.1) is 0 Å². The summed E-state index contributed by atoms with van der Waals surface area (Å²) in [5.41, 5.74) is 3.23. The maximum atomic E-state index is 12.3. The number of halogens is 1. The molecule has 3 aromatic rings. The van der Waals surface area contributed by atoms with Gasteiger partial charge in [-0.3, -0.25) is 0 Å². The van der Waals surface area contributed by atoms with E-state index in [9.17, 15) is 8.42 Å². The molecule has 0 bridgehead atoms. The molecule has 124 valence electrons. The molecule has 0 aliphatic heterocycles. The van der Waals surface area contributed by atoms with E-state index >= 15 is 0 Å². The van der Waals surface area contributed by atoms with Crippen molar-refractivity contribution >= 4 is 26.0 Å². The van der Waals surface area contributed by atoms with Crippen molar-refractivity contribution in [3.8, 4) is 11.3 Å². The number of rotatable bonds is 5. The SMILES string of the molecule is Cc1ccc(CNS(=O)(=O)c2cc(-c3cccc(Br)c3)no2)cc1. The highest BCUT2D eigenvalue weighted by Crippen LogP contribution is 2.24. The van der Waals surface area contributed by atoms with Gasteiger partial charge in [0.15, 0.2) is 0 Å². The van der Waals surface area contributed by atoms with Gasteiger partial charge >= 0.3 is 0 Å². The molecule has 0 saturated heterocycles. The van der Waals surface area contributed by atoms with Crippen molar-refractivity contribution in [2.75, 3.05) is 0 Å². The van der Waals surface area contributed by atoms with E-state index in [4.69, 9.17) is 4.52 Å². The Morgan fingerprint density at radius 2 is 1.88 bits per heavy atom. The Balaban J connectivity index is 1.76. The van der Waals surface area contributed by atoms with Gasteiger partial charge in [0.2, 0.25) is 0 Å². The molecular formula is C17H15BrN2O3S. The summed E-state index contributed by atoms with van der Waals surface area (Å²) >= 11 is 3.37. The molecule has 2 aromatic carbocycles. The topological polar surface area (TPSA) is 72.2 Å². The zero-order valence-corrected chi connectivity index (χ0v) is 15.3. The van der Waals surface area contributed by atoms with Gasteiger partial charge in [-0.15, -0.1) is 0 Å². The largest absolute Gasteiger partial charge is 0.343 e. The summed E-state index contributed by atoms with van der Waals surface area (Å²) in [5.74, 6) is 0. The maximum Gasteiger partial charge on any atom is 0.277 e. The van der Waals surface area contributed by atoms with Crippen molar-refractivity contribution in [1.82, 2.24) is 9.88 Å². The Morgan fingerprint density at radius 1 is 1.12 bits per heavy atom. The zero-order valence-electron chi connectivity index (χ0n) is 12.9. The molecule has 0 fully saturated rings. The molecule has 3 rings (SSSR count). The molecule has 0 atom stereocenters. The predicted octanol–water partition coefficient (Wildman–Crippen LogP) is 3.89. The van der Waals surface area contributed by atoms with Crippen LogP contribution in [0.25, 0.3) is 11.3 Å². The summed E-state index contributed by atoms with van der Waals surface area (Å²) in [7, 11) is -3.76. The molecule has 0 amide bonds. The van der Waals surface area contributed by atoms with E-state index in [0.29, 0.717) is 5.69 Å². The van der Waals surface area contributed by atoms with Crippen molar-refractivity contribution < 1.29 is 12.9 Å². The second-order valence-corrected chi connectivity index (χ2v) is 7.97. The minimum Gasteiger partial charge on any atom is -0.343 e. The van der Waals surface area contributed by atoms with Crippen LogP contribution in [0.3, 0.4) is 0 Å². The Bertz CT molecular complexity index is 950. The van der Waals surface area contributed by atoms with Gasteiger partial charge < -0.3 is 4.52 Å². The van der Waals surface area contributed by atoms with Crippen LogP contribution in [0.1, 0.15) is 11.1 Å². The summed E-state index contributed by atoms with van der Waals surface area (Å²) in [6.07, 6.45) is 0. The van der Waals surface area contributed by atoms with Crippen LogP contribution in [0.5, 0.6) is 0 Å². The van der Waals surface area contributed by atoms with E-state index in [-0.39, 0.29) is 11.6 Å². The lowest BCUT2D eigenvalue weighted by Gasteiger charge is -2.04. The Labute approximate surface area is 148 Å². The van der Waals surface area contributed by atoms with Gasteiger partial charge in [0.1, 0.15) is 5.69 Å². The molecule has 0 aliphatic carbocycles. The summed E-state index contributed by atoms with van der Waals surface area (Å²) < 4.78 is 33.1. The van der Waals surface area contributed by atoms with E-state index in [1.54, 1.807) is 0 Å². The molecule has 5 nitrogen and oxygen atoms in total. The fraction of sp³-hybridized carbons (Fsp3) is 0.118. The summed E-state index contributed by atoms with van der Waals surface area (Å²) in [6, 6.07) is 16.4. The van der Waals surface area contributed by atoms with E-state index in [1.165, 1.54) is 6.07 Å². The summed E-state index contributed by atoms with van der Waals surface area (Å²) in [4.78, 5) is 0. The highest BCUT2D eigenvalue weighted by Gasteiger charge is 2.20. The van der Waals surface area contributed by atoms with E-state index in [2.05, 4.69) is 25.8 Å². The highest BCUT2D eigenvalue weighted by molar-refractivity contribution is 9.10. The minimum absolute atomic E-state index is 0.190. The van der Waals surface area contributed by atoms with Crippen LogP contribution in [0.15, 0.2) is 68.7 Å². The lowest BCUT2D eigenvalue weighted by atomic mass is 10.2. The standard InChI is InChI=1S/C17H15BrN2O3S/c1-12-5-7-13(8-6-12)11-19-24(21,22)17-10-16(20-23-17)14-3-2-4-15(18)9-14/h2-10,19H,11H2,1H3. The molecule has 1 N–H and O–H groups in total. The number of nitrogens with one attached hydrogen (secondary N) is 1. The first-order chi connectivity index (χ1) is 11.4. The fourth-order valence-electron chi connectivity index (χ4n) is 2.12. The molecule has 0 aliphatic rings. The van der Waals surface area contributed by atoms with E-state index in [1.807, 2.05) is 55.5 Å². The maximum absolute atomic E-state index is 12.3. The Kier molecular flexibility index (Phi) is 4.84. The third kappa shape index (κ3) is 3.92. The molecule has 0 unspecified atom stereocenters. The lowest BCUT2D eigenvalue weighted by molar-refractivity contribution is 0.339. The molecule has 24 heavy (non-hydrogen) atoms. The fourth-order valence-corrected chi connectivity index (χ4v) is 3.42. The van der Waals surface area contributed by atoms with Gasteiger partial charge in [0.25, 0.3) is 15.1 Å². The average Bonchev–Trinajstić information content (AvgIpc) is 3.05. The van der Waals surface area contributed by atoms with Crippen molar-refractivity contribution in [1.29, 1.82) is 0 Å². The van der Waals surface area contributed by atoms with Gasteiger partial charge in [-0.1, -0.05) is 63.0 Å². The third-order valence-electron chi connectivity index (χ3n) is 3.46. The second-order valence-electron chi connectivity index (χ2n) is 5.35. The molecule has 0 saturated carbocycles. The minimum atomic E-state index is -3.76. The first kappa shape index (κ1) is 16.9. The van der Waals surface area contributed by atoms with Gasteiger partial charge in [-0.25, -0.2) is 13.1 Å². The van der Waals surface area contributed by atoms with Gasteiger partial charge in [-0.05, 0) is 24.6 Å². The van der Waals surface area contributed by atoms with E-state index < -0.39 is 10.0 Å². The monoisotopic (exact) mass is 406 g/mol. The number of benzene rings is 2. The molecule has 0 spiro atoms. The number of sulfonamides is 1. The second kappa shape index (κ2) is 6.88. The lowest BCUT2D eigenvalue weighted by Crippen LogP contribution is -2.22. The third-order valence-corrected chi connectivity index (χ3v) is 5.20. The number of aromatic nitrogens is 1. The predicted molar refractivity (Wildman–Crippen MR) is 94.8 cm³/mol. The average molecular weight is 407 g/mol. The number of hydrogen-bond donors (Lipinski definition) is 1.